The number of nitrogens with zero attached hydrogens (tertiary/aromatic N) is 3. The first-order valence-electron chi connectivity index (χ1n) is 6.04. The number of hydrogen-bond acceptors (Lipinski definition) is 3. The van der Waals surface area contributed by atoms with Crippen molar-refractivity contribution in [3.05, 3.63) is 58.0 Å². The second-order valence-electron chi connectivity index (χ2n) is 4.40. The van der Waals surface area contributed by atoms with Crippen LogP contribution >= 0.6 is 23.2 Å². The number of benzene rings is 1. The first-order valence-corrected chi connectivity index (χ1v) is 6.80. The van der Waals surface area contributed by atoms with Crippen LogP contribution in [0.25, 0.3) is 10.9 Å². The first kappa shape index (κ1) is 13.9. The van der Waals surface area contributed by atoms with Gasteiger partial charge in [-0.15, -0.1) is 0 Å². The number of carboxylic acid groups (broad SMARTS) is 1. The standard InChI is InChI=1S/C14H9Cl2N3O2/c15-10-2-1-3-11(16)9(10)7-19-12-6-17-5-4-8(12)13(18-19)14(20)21/h1-6H,7H2,(H,20,21). The molecule has 2 aromatic heterocycles. The fourth-order valence-electron chi connectivity index (χ4n) is 2.13. The molecule has 0 saturated carbocycles. The van der Waals surface area contributed by atoms with Crippen molar-refractivity contribution in [2.24, 2.45) is 0 Å². The summed E-state index contributed by atoms with van der Waals surface area (Å²) in [5.74, 6) is -1.09. The molecule has 3 aromatic rings. The molecule has 5 nitrogen and oxygen atoms in total. The van der Waals surface area contributed by atoms with E-state index in [1.54, 1.807) is 35.1 Å². The van der Waals surface area contributed by atoms with Gasteiger partial charge in [0.1, 0.15) is 0 Å². The molecule has 0 fully saturated rings. The number of carbonyl (C=O) groups is 1. The Bertz CT molecular complexity index is 825. The molecule has 0 aliphatic heterocycles. The molecule has 0 saturated heterocycles. The largest absolute Gasteiger partial charge is 0.476 e. The maximum Gasteiger partial charge on any atom is 0.357 e. The molecule has 1 N–H and O–H groups in total. The zero-order chi connectivity index (χ0) is 15.0. The third-order valence-corrected chi connectivity index (χ3v) is 3.83. The lowest BCUT2D eigenvalue weighted by molar-refractivity contribution is 0.0691. The summed E-state index contributed by atoms with van der Waals surface area (Å²) in [4.78, 5) is 15.3. The van der Waals surface area contributed by atoms with Gasteiger partial charge in [-0.25, -0.2) is 4.79 Å². The Kier molecular flexibility index (Phi) is 3.53. The highest BCUT2D eigenvalue weighted by Crippen LogP contribution is 2.27. The molecule has 2 heterocycles. The van der Waals surface area contributed by atoms with E-state index in [4.69, 9.17) is 23.2 Å². The van der Waals surface area contributed by atoms with Crippen molar-refractivity contribution in [1.29, 1.82) is 0 Å². The van der Waals surface area contributed by atoms with E-state index in [0.29, 0.717) is 26.5 Å². The summed E-state index contributed by atoms with van der Waals surface area (Å²) in [6.45, 7) is 0.272. The monoisotopic (exact) mass is 321 g/mol. The fourth-order valence-corrected chi connectivity index (χ4v) is 2.65. The number of hydrogen-bond donors (Lipinski definition) is 1. The molecule has 0 atom stereocenters. The molecule has 7 heteroatoms. The third kappa shape index (κ3) is 2.46. The second-order valence-corrected chi connectivity index (χ2v) is 5.22. The Balaban J connectivity index is 2.15. The van der Waals surface area contributed by atoms with Gasteiger partial charge in [0.25, 0.3) is 0 Å². The highest BCUT2D eigenvalue weighted by atomic mass is 35.5. The van der Waals surface area contributed by atoms with Gasteiger partial charge in [0.05, 0.1) is 18.3 Å². The van der Waals surface area contributed by atoms with Crippen molar-refractivity contribution in [2.45, 2.75) is 6.54 Å². The van der Waals surface area contributed by atoms with Gasteiger partial charge in [-0.1, -0.05) is 29.3 Å². The van der Waals surface area contributed by atoms with Gasteiger partial charge in [0, 0.05) is 27.2 Å². The Morgan fingerprint density at radius 3 is 2.62 bits per heavy atom. The summed E-state index contributed by atoms with van der Waals surface area (Å²) < 4.78 is 1.54. The van der Waals surface area contributed by atoms with Crippen molar-refractivity contribution in [3.63, 3.8) is 0 Å². The van der Waals surface area contributed by atoms with Crippen molar-refractivity contribution < 1.29 is 9.90 Å². The minimum absolute atomic E-state index is 0.0180. The van der Waals surface area contributed by atoms with Crippen LogP contribution in [0.5, 0.6) is 0 Å². The highest BCUT2D eigenvalue weighted by molar-refractivity contribution is 6.36. The lowest BCUT2D eigenvalue weighted by Crippen LogP contribution is -2.05. The number of fused-ring (bicyclic) bond motifs is 1. The predicted molar refractivity (Wildman–Crippen MR) is 80.1 cm³/mol. The summed E-state index contributed by atoms with van der Waals surface area (Å²) >= 11 is 12.3. The lowest BCUT2D eigenvalue weighted by atomic mass is 10.2. The zero-order valence-corrected chi connectivity index (χ0v) is 12.1. The Hall–Kier alpha value is -2.11. The number of halogens is 2. The first-order chi connectivity index (χ1) is 10.1. The van der Waals surface area contributed by atoms with E-state index >= 15 is 0 Å². The van der Waals surface area contributed by atoms with E-state index in [1.165, 1.54) is 6.20 Å². The number of pyridine rings is 1. The van der Waals surface area contributed by atoms with Crippen molar-refractivity contribution >= 4 is 40.1 Å². The van der Waals surface area contributed by atoms with Crippen LogP contribution in [0.15, 0.2) is 36.7 Å². The highest BCUT2D eigenvalue weighted by Gasteiger charge is 2.17. The molecule has 0 amide bonds. The molecular formula is C14H9Cl2N3O2. The van der Waals surface area contributed by atoms with Crippen molar-refractivity contribution in [3.8, 4) is 0 Å². The van der Waals surface area contributed by atoms with Crippen LogP contribution in [0.3, 0.4) is 0 Å². The van der Waals surface area contributed by atoms with Crippen LogP contribution in [0.4, 0.5) is 0 Å². The summed E-state index contributed by atoms with van der Waals surface area (Å²) in [5.41, 5.74) is 1.28. The van der Waals surface area contributed by atoms with Gasteiger partial charge >= 0.3 is 5.97 Å². The Labute approximate surface area is 129 Å². The maximum atomic E-state index is 11.3. The molecule has 1 aromatic carbocycles. The molecule has 0 unspecified atom stereocenters. The van der Waals surface area contributed by atoms with E-state index in [9.17, 15) is 9.90 Å². The number of aromatic nitrogens is 3. The van der Waals surface area contributed by atoms with E-state index in [1.807, 2.05) is 0 Å². The molecular weight excluding hydrogens is 313 g/mol. The van der Waals surface area contributed by atoms with Gasteiger partial charge in [0.2, 0.25) is 0 Å². The van der Waals surface area contributed by atoms with Crippen LogP contribution in [0, 0.1) is 0 Å². The van der Waals surface area contributed by atoms with Crippen LogP contribution < -0.4 is 0 Å². The van der Waals surface area contributed by atoms with Gasteiger partial charge < -0.3 is 5.11 Å². The molecule has 0 aliphatic rings. The smallest absolute Gasteiger partial charge is 0.357 e. The molecule has 21 heavy (non-hydrogen) atoms. The Morgan fingerprint density at radius 2 is 1.95 bits per heavy atom. The minimum Gasteiger partial charge on any atom is -0.476 e. The number of carboxylic acids is 1. The minimum atomic E-state index is -1.09. The second kappa shape index (κ2) is 5.35. The number of rotatable bonds is 3. The summed E-state index contributed by atoms with van der Waals surface area (Å²) in [6, 6.07) is 6.83. The molecule has 0 radical (unpaired) electrons. The fraction of sp³-hybridized carbons (Fsp3) is 0.0714. The van der Waals surface area contributed by atoms with Crippen LogP contribution in [-0.4, -0.2) is 25.8 Å². The van der Waals surface area contributed by atoms with E-state index in [2.05, 4.69) is 10.1 Å². The van der Waals surface area contributed by atoms with E-state index < -0.39 is 5.97 Å². The third-order valence-electron chi connectivity index (χ3n) is 3.13. The summed E-state index contributed by atoms with van der Waals surface area (Å²) in [6.07, 6.45) is 3.10. The van der Waals surface area contributed by atoms with E-state index in [-0.39, 0.29) is 12.2 Å². The van der Waals surface area contributed by atoms with Crippen molar-refractivity contribution in [2.75, 3.05) is 0 Å². The summed E-state index contributed by atoms with van der Waals surface area (Å²) in [7, 11) is 0. The number of aromatic carboxylic acids is 1. The van der Waals surface area contributed by atoms with Gasteiger partial charge in [-0.2, -0.15) is 5.10 Å². The molecule has 0 spiro atoms. The normalized spacial score (nSPS) is 11.0. The molecule has 106 valence electrons. The van der Waals surface area contributed by atoms with Crippen LogP contribution in [-0.2, 0) is 6.54 Å². The molecule has 0 bridgehead atoms. The molecule has 0 aliphatic carbocycles. The van der Waals surface area contributed by atoms with E-state index in [0.717, 1.165) is 0 Å². The summed E-state index contributed by atoms with van der Waals surface area (Å²) in [5, 5.41) is 14.9. The maximum absolute atomic E-state index is 11.3. The van der Waals surface area contributed by atoms with Crippen molar-refractivity contribution in [1.82, 2.24) is 14.8 Å². The van der Waals surface area contributed by atoms with Gasteiger partial charge in [-0.05, 0) is 18.2 Å². The molecule has 3 rings (SSSR count). The Morgan fingerprint density at radius 1 is 1.24 bits per heavy atom. The topological polar surface area (TPSA) is 68.0 Å². The predicted octanol–water partition coefficient (Wildman–Crippen LogP) is 3.48. The van der Waals surface area contributed by atoms with Gasteiger partial charge in [-0.3, -0.25) is 9.67 Å². The van der Waals surface area contributed by atoms with Crippen LogP contribution in [0.1, 0.15) is 16.1 Å². The lowest BCUT2D eigenvalue weighted by Gasteiger charge is -2.07. The average Bonchev–Trinajstić information content (AvgIpc) is 2.82. The average molecular weight is 322 g/mol. The van der Waals surface area contributed by atoms with Crippen LogP contribution in [0.2, 0.25) is 10.0 Å². The quantitative estimate of drug-likeness (QED) is 0.801. The zero-order valence-electron chi connectivity index (χ0n) is 10.6. The van der Waals surface area contributed by atoms with Gasteiger partial charge in [0.15, 0.2) is 5.69 Å². The SMILES string of the molecule is O=C(O)c1nn(Cc2c(Cl)cccc2Cl)c2cnccc12.